The Morgan fingerprint density at radius 2 is 2.45 bits per heavy atom. The molecule has 0 aliphatic carbocycles. The minimum atomic E-state index is 0.105. The van der Waals surface area contributed by atoms with Gasteiger partial charge in [0.05, 0.1) is 7.11 Å². The van der Waals surface area contributed by atoms with Crippen LogP contribution < -0.4 is 15.4 Å². The van der Waals surface area contributed by atoms with Crippen LogP contribution in [0, 0.1) is 0 Å². The maximum Gasteiger partial charge on any atom is 0.220 e. The van der Waals surface area contributed by atoms with Gasteiger partial charge in [-0.1, -0.05) is 6.42 Å². The van der Waals surface area contributed by atoms with Crippen molar-refractivity contribution in [1.82, 2.24) is 15.6 Å². The maximum absolute atomic E-state index is 11.8. The van der Waals surface area contributed by atoms with Gasteiger partial charge in [-0.2, -0.15) is 0 Å². The zero-order valence-electron chi connectivity index (χ0n) is 12.0. The van der Waals surface area contributed by atoms with Crippen LogP contribution in [0.2, 0.25) is 0 Å². The molecule has 1 aliphatic rings. The topological polar surface area (TPSA) is 63.2 Å². The number of hydrogen-bond donors (Lipinski definition) is 2. The van der Waals surface area contributed by atoms with Crippen LogP contribution >= 0.6 is 0 Å². The van der Waals surface area contributed by atoms with Gasteiger partial charge in [0.2, 0.25) is 11.8 Å². The summed E-state index contributed by atoms with van der Waals surface area (Å²) in [5, 5.41) is 6.40. The van der Waals surface area contributed by atoms with E-state index in [1.807, 2.05) is 12.1 Å². The molecule has 5 heteroatoms. The summed E-state index contributed by atoms with van der Waals surface area (Å²) in [5.74, 6) is 0.677. The monoisotopic (exact) mass is 277 g/mol. The van der Waals surface area contributed by atoms with Crippen molar-refractivity contribution in [3.8, 4) is 5.88 Å². The van der Waals surface area contributed by atoms with Crippen molar-refractivity contribution >= 4 is 5.91 Å². The van der Waals surface area contributed by atoms with Gasteiger partial charge < -0.3 is 15.4 Å². The lowest BCUT2D eigenvalue weighted by molar-refractivity contribution is -0.121. The van der Waals surface area contributed by atoms with E-state index < -0.39 is 0 Å². The largest absolute Gasteiger partial charge is 0.481 e. The van der Waals surface area contributed by atoms with E-state index in [1.54, 1.807) is 13.3 Å². The number of piperidine rings is 1. The van der Waals surface area contributed by atoms with Crippen LogP contribution in [0.1, 0.15) is 37.7 Å². The van der Waals surface area contributed by atoms with E-state index in [9.17, 15) is 4.79 Å². The van der Waals surface area contributed by atoms with E-state index in [-0.39, 0.29) is 5.91 Å². The van der Waals surface area contributed by atoms with Crippen LogP contribution in [0.4, 0.5) is 0 Å². The van der Waals surface area contributed by atoms with Crippen LogP contribution in [0.5, 0.6) is 5.88 Å². The van der Waals surface area contributed by atoms with Crippen LogP contribution in [0.25, 0.3) is 0 Å². The number of nitrogens with one attached hydrogen (secondary N) is 2. The third kappa shape index (κ3) is 4.81. The van der Waals surface area contributed by atoms with Gasteiger partial charge in [-0.25, -0.2) is 4.98 Å². The van der Waals surface area contributed by atoms with E-state index in [4.69, 9.17) is 4.74 Å². The molecule has 1 unspecified atom stereocenters. The Bertz CT molecular complexity index is 431. The first-order valence-electron chi connectivity index (χ1n) is 7.27. The fourth-order valence-corrected chi connectivity index (χ4v) is 2.44. The number of rotatable bonds is 6. The van der Waals surface area contributed by atoms with Gasteiger partial charge >= 0.3 is 0 Å². The smallest absolute Gasteiger partial charge is 0.220 e. The molecule has 110 valence electrons. The molecule has 1 atom stereocenters. The predicted octanol–water partition coefficient (Wildman–Crippen LogP) is 1.63. The summed E-state index contributed by atoms with van der Waals surface area (Å²) in [7, 11) is 1.59. The fraction of sp³-hybridized carbons (Fsp3) is 0.600. The molecule has 2 N–H and O–H groups in total. The lowest BCUT2D eigenvalue weighted by Gasteiger charge is -2.23. The Kier molecular flexibility index (Phi) is 5.80. The van der Waals surface area contributed by atoms with Crippen molar-refractivity contribution in [3.05, 3.63) is 23.9 Å². The van der Waals surface area contributed by atoms with Crippen molar-refractivity contribution in [2.45, 2.75) is 44.7 Å². The molecule has 1 amide bonds. The fourth-order valence-electron chi connectivity index (χ4n) is 2.44. The summed E-state index contributed by atoms with van der Waals surface area (Å²) < 4.78 is 5.06. The van der Waals surface area contributed by atoms with Crippen LogP contribution in [-0.4, -0.2) is 30.6 Å². The van der Waals surface area contributed by atoms with Gasteiger partial charge in [0, 0.05) is 31.3 Å². The van der Waals surface area contributed by atoms with Crippen molar-refractivity contribution < 1.29 is 9.53 Å². The second-order valence-electron chi connectivity index (χ2n) is 5.17. The second kappa shape index (κ2) is 7.85. The number of aromatic nitrogens is 1. The molecule has 0 saturated carbocycles. The Morgan fingerprint density at radius 1 is 1.55 bits per heavy atom. The summed E-state index contributed by atoms with van der Waals surface area (Å²) in [6, 6.07) is 4.23. The lowest BCUT2D eigenvalue weighted by atomic mass is 10.0. The Labute approximate surface area is 120 Å². The summed E-state index contributed by atoms with van der Waals surface area (Å²) >= 11 is 0. The van der Waals surface area contributed by atoms with E-state index in [0.717, 1.165) is 18.5 Å². The maximum atomic E-state index is 11.8. The third-order valence-electron chi connectivity index (χ3n) is 3.63. The van der Waals surface area contributed by atoms with E-state index in [0.29, 0.717) is 24.9 Å². The normalized spacial score (nSPS) is 18.6. The number of methoxy groups -OCH3 is 1. The molecule has 2 rings (SSSR count). The van der Waals surface area contributed by atoms with E-state index in [1.165, 1.54) is 19.3 Å². The summed E-state index contributed by atoms with van der Waals surface area (Å²) in [4.78, 5) is 15.9. The third-order valence-corrected chi connectivity index (χ3v) is 3.63. The van der Waals surface area contributed by atoms with Crippen molar-refractivity contribution in [1.29, 1.82) is 0 Å². The van der Waals surface area contributed by atoms with Gasteiger partial charge in [-0.05, 0) is 37.4 Å². The van der Waals surface area contributed by atoms with Crippen molar-refractivity contribution in [2.75, 3.05) is 13.7 Å². The molecule has 0 bridgehead atoms. The zero-order valence-corrected chi connectivity index (χ0v) is 12.0. The highest BCUT2D eigenvalue weighted by Gasteiger charge is 2.13. The Hall–Kier alpha value is -1.62. The number of nitrogens with zero attached hydrogens (tertiary/aromatic N) is 1. The summed E-state index contributed by atoms with van der Waals surface area (Å²) in [6.07, 6.45) is 6.91. The standard InChI is InChI=1S/C15H23N3O2/c1-20-15-10-12(7-9-17-15)11-18-14(19)6-5-13-4-2-3-8-16-13/h7,9-10,13,16H,2-6,8,11H2,1H3,(H,18,19). The van der Waals surface area contributed by atoms with Gasteiger partial charge in [0.25, 0.3) is 0 Å². The molecule has 1 aromatic heterocycles. The molecule has 1 saturated heterocycles. The SMILES string of the molecule is COc1cc(CNC(=O)CCC2CCCCN2)ccn1. The van der Waals surface area contributed by atoms with Gasteiger partial charge in [0.1, 0.15) is 0 Å². The molecule has 1 aromatic rings. The van der Waals surface area contributed by atoms with Gasteiger partial charge in [-0.3, -0.25) is 4.79 Å². The van der Waals surface area contributed by atoms with E-state index >= 15 is 0 Å². The molecule has 0 radical (unpaired) electrons. The molecule has 20 heavy (non-hydrogen) atoms. The predicted molar refractivity (Wildman–Crippen MR) is 77.5 cm³/mol. The highest BCUT2D eigenvalue weighted by Crippen LogP contribution is 2.12. The molecule has 5 nitrogen and oxygen atoms in total. The molecule has 0 spiro atoms. The van der Waals surface area contributed by atoms with Gasteiger partial charge in [-0.15, -0.1) is 0 Å². The average Bonchev–Trinajstić information content (AvgIpc) is 2.52. The van der Waals surface area contributed by atoms with Crippen molar-refractivity contribution in [3.63, 3.8) is 0 Å². The van der Waals surface area contributed by atoms with Crippen molar-refractivity contribution in [2.24, 2.45) is 0 Å². The van der Waals surface area contributed by atoms with E-state index in [2.05, 4.69) is 15.6 Å². The first-order chi connectivity index (χ1) is 9.78. The van der Waals surface area contributed by atoms with Crippen LogP contribution in [-0.2, 0) is 11.3 Å². The number of ether oxygens (including phenoxy) is 1. The average molecular weight is 277 g/mol. The molecule has 1 fully saturated rings. The first kappa shape index (κ1) is 14.8. The highest BCUT2D eigenvalue weighted by atomic mass is 16.5. The van der Waals surface area contributed by atoms with Crippen LogP contribution in [0.3, 0.4) is 0 Å². The molecular formula is C15H23N3O2. The molecular weight excluding hydrogens is 254 g/mol. The number of amides is 1. The van der Waals surface area contributed by atoms with Gasteiger partial charge in [0.15, 0.2) is 0 Å². The molecule has 2 heterocycles. The number of pyridine rings is 1. The quantitative estimate of drug-likeness (QED) is 0.829. The number of carbonyl (C=O) groups excluding carboxylic acids is 1. The molecule has 0 aromatic carbocycles. The second-order valence-corrected chi connectivity index (χ2v) is 5.17. The summed E-state index contributed by atoms with van der Waals surface area (Å²) in [6.45, 7) is 1.61. The Morgan fingerprint density at radius 3 is 3.20 bits per heavy atom. The molecule has 1 aliphatic heterocycles. The zero-order chi connectivity index (χ0) is 14.2. The van der Waals surface area contributed by atoms with Crippen LogP contribution in [0.15, 0.2) is 18.3 Å². The highest BCUT2D eigenvalue weighted by molar-refractivity contribution is 5.75. The Balaban J connectivity index is 1.68. The first-order valence-corrected chi connectivity index (χ1v) is 7.27. The number of hydrogen-bond acceptors (Lipinski definition) is 4. The number of carbonyl (C=O) groups is 1. The summed E-state index contributed by atoms with van der Waals surface area (Å²) in [5.41, 5.74) is 1.00. The minimum absolute atomic E-state index is 0.105. The minimum Gasteiger partial charge on any atom is -0.481 e. The lowest BCUT2D eigenvalue weighted by Crippen LogP contribution is -2.35.